The smallest absolute Gasteiger partial charge is 0.251 e. The molecule has 1 N–H and O–H groups in total. The second-order valence-electron chi connectivity index (χ2n) is 5.62. The van der Waals surface area contributed by atoms with Gasteiger partial charge in [0.2, 0.25) is 5.88 Å². The number of aromatic nitrogens is 2. The molecule has 6 heteroatoms. The molecule has 1 fully saturated rings. The van der Waals surface area contributed by atoms with Crippen molar-refractivity contribution in [2.75, 3.05) is 0 Å². The lowest BCUT2D eigenvalue weighted by molar-refractivity contribution is 0.0890. The highest BCUT2D eigenvalue weighted by molar-refractivity contribution is 6.30. The maximum atomic E-state index is 12.2. The fraction of sp³-hybridized carbons (Fsp3) is 0.353. The molecule has 1 aromatic carbocycles. The Morgan fingerprint density at radius 3 is 2.74 bits per heavy atom. The van der Waals surface area contributed by atoms with Crippen LogP contribution in [-0.2, 0) is 0 Å². The van der Waals surface area contributed by atoms with Gasteiger partial charge in [-0.25, -0.2) is 4.98 Å². The average molecular weight is 332 g/mol. The molecule has 1 heterocycles. The Morgan fingerprint density at radius 2 is 2.04 bits per heavy atom. The zero-order chi connectivity index (χ0) is 16.1. The number of amides is 1. The van der Waals surface area contributed by atoms with Crippen molar-refractivity contribution >= 4 is 17.5 Å². The summed E-state index contributed by atoms with van der Waals surface area (Å²) in [6.07, 6.45) is 8.53. The Morgan fingerprint density at radius 1 is 1.22 bits per heavy atom. The van der Waals surface area contributed by atoms with Crippen molar-refractivity contribution in [2.45, 2.75) is 37.8 Å². The quantitative estimate of drug-likeness (QED) is 0.934. The molecule has 3 rings (SSSR count). The molecule has 0 bridgehead atoms. The molecular formula is C17H18ClN3O2. The van der Waals surface area contributed by atoms with Crippen LogP contribution in [0.15, 0.2) is 42.9 Å². The summed E-state index contributed by atoms with van der Waals surface area (Å²) in [5.74, 6) is 0.477. The van der Waals surface area contributed by atoms with E-state index >= 15 is 0 Å². The lowest BCUT2D eigenvalue weighted by atomic mass is 9.92. The van der Waals surface area contributed by atoms with Crippen molar-refractivity contribution in [3.8, 4) is 5.88 Å². The van der Waals surface area contributed by atoms with E-state index in [0.29, 0.717) is 16.5 Å². The zero-order valence-corrected chi connectivity index (χ0v) is 13.4. The summed E-state index contributed by atoms with van der Waals surface area (Å²) in [5.41, 5.74) is 0.593. The summed E-state index contributed by atoms with van der Waals surface area (Å²) in [7, 11) is 0. The minimum absolute atomic E-state index is 0.0780. The Hall–Kier alpha value is -2.14. The molecule has 2 aromatic rings. The summed E-state index contributed by atoms with van der Waals surface area (Å²) in [4.78, 5) is 20.3. The molecule has 1 amide bonds. The summed E-state index contributed by atoms with van der Waals surface area (Å²) >= 11 is 5.92. The van der Waals surface area contributed by atoms with Crippen molar-refractivity contribution in [1.29, 1.82) is 0 Å². The third-order valence-electron chi connectivity index (χ3n) is 3.92. The van der Waals surface area contributed by atoms with Crippen LogP contribution in [0.25, 0.3) is 0 Å². The van der Waals surface area contributed by atoms with E-state index in [1.165, 1.54) is 0 Å². The van der Waals surface area contributed by atoms with Crippen LogP contribution in [0.5, 0.6) is 5.88 Å². The first-order valence-electron chi connectivity index (χ1n) is 7.70. The van der Waals surface area contributed by atoms with Gasteiger partial charge in [-0.15, -0.1) is 0 Å². The van der Waals surface area contributed by atoms with E-state index in [1.807, 2.05) is 0 Å². The molecule has 0 radical (unpaired) electrons. The summed E-state index contributed by atoms with van der Waals surface area (Å²) < 4.78 is 5.81. The molecule has 1 saturated carbocycles. The molecule has 1 aromatic heterocycles. The highest BCUT2D eigenvalue weighted by Crippen LogP contribution is 2.23. The number of hydrogen-bond donors (Lipinski definition) is 1. The second-order valence-corrected chi connectivity index (χ2v) is 6.06. The molecule has 1 aliphatic rings. The van der Waals surface area contributed by atoms with Gasteiger partial charge in [0.15, 0.2) is 0 Å². The van der Waals surface area contributed by atoms with Gasteiger partial charge < -0.3 is 10.1 Å². The molecule has 0 spiro atoms. The lowest BCUT2D eigenvalue weighted by Crippen LogP contribution is -2.39. The van der Waals surface area contributed by atoms with Crippen molar-refractivity contribution in [1.82, 2.24) is 15.3 Å². The van der Waals surface area contributed by atoms with E-state index in [9.17, 15) is 4.79 Å². The summed E-state index contributed by atoms with van der Waals surface area (Å²) in [6, 6.07) is 7.16. The van der Waals surface area contributed by atoms with Gasteiger partial charge in [0.25, 0.3) is 5.91 Å². The van der Waals surface area contributed by atoms with Gasteiger partial charge in [-0.2, -0.15) is 0 Å². The number of rotatable bonds is 4. The third-order valence-corrected chi connectivity index (χ3v) is 4.16. The van der Waals surface area contributed by atoms with Gasteiger partial charge >= 0.3 is 0 Å². The Labute approximate surface area is 140 Å². The molecular weight excluding hydrogens is 314 g/mol. The van der Waals surface area contributed by atoms with Crippen molar-refractivity contribution in [2.24, 2.45) is 0 Å². The molecule has 0 saturated heterocycles. The number of nitrogens with zero attached hydrogens (tertiary/aromatic N) is 2. The Kier molecular flexibility index (Phi) is 5.08. The van der Waals surface area contributed by atoms with Crippen LogP contribution < -0.4 is 10.1 Å². The predicted octanol–water partition coefficient (Wildman–Crippen LogP) is 3.25. The number of benzene rings is 1. The Balaban J connectivity index is 1.48. The largest absolute Gasteiger partial charge is 0.473 e. The van der Waals surface area contributed by atoms with E-state index < -0.39 is 0 Å². The molecule has 0 atom stereocenters. The first-order chi connectivity index (χ1) is 11.2. The highest BCUT2D eigenvalue weighted by atomic mass is 35.5. The number of halogens is 1. The maximum Gasteiger partial charge on any atom is 0.251 e. The van der Waals surface area contributed by atoms with Crippen molar-refractivity contribution in [3.05, 3.63) is 53.4 Å². The number of hydrogen-bond acceptors (Lipinski definition) is 4. The number of carbonyl (C=O) groups excluding carboxylic acids is 1. The molecule has 5 nitrogen and oxygen atoms in total. The van der Waals surface area contributed by atoms with E-state index in [0.717, 1.165) is 25.7 Å². The maximum absolute atomic E-state index is 12.2. The zero-order valence-electron chi connectivity index (χ0n) is 12.6. The number of nitrogens with one attached hydrogen (secondary N) is 1. The molecule has 0 unspecified atom stereocenters. The van der Waals surface area contributed by atoms with Crippen LogP contribution in [0.3, 0.4) is 0 Å². The normalized spacial score (nSPS) is 20.7. The van der Waals surface area contributed by atoms with Crippen LogP contribution in [0.4, 0.5) is 0 Å². The van der Waals surface area contributed by atoms with Crippen LogP contribution in [0.2, 0.25) is 5.02 Å². The lowest BCUT2D eigenvalue weighted by Gasteiger charge is -2.29. The highest BCUT2D eigenvalue weighted by Gasteiger charge is 2.24. The molecule has 0 aliphatic heterocycles. The average Bonchev–Trinajstić information content (AvgIpc) is 2.57. The van der Waals surface area contributed by atoms with Crippen LogP contribution in [0, 0.1) is 0 Å². The van der Waals surface area contributed by atoms with Gasteiger partial charge in [-0.05, 0) is 43.9 Å². The van der Waals surface area contributed by atoms with Gasteiger partial charge in [0.05, 0.1) is 6.20 Å². The Bertz CT molecular complexity index is 658. The second kappa shape index (κ2) is 7.42. The number of carbonyl (C=O) groups is 1. The molecule has 120 valence electrons. The summed E-state index contributed by atoms with van der Waals surface area (Å²) in [6.45, 7) is 0. The van der Waals surface area contributed by atoms with Crippen molar-refractivity contribution in [3.63, 3.8) is 0 Å². The van der Waals surface area contributed by atoms with E-state index in [1.54, 1.807) is 42.9 Å². The standard InChI is InChI=1S/C17H18ClN3O2/c18-13-3-1-2-12(10-13)17(22)21-14-4-6-15(7-5-14)23-16-11-19-8-9-20-16/h1-3,8-11,14-15H,4-7H2,(H,21,22). The van der Waals surface area contributed by atoms with Crippen LogP contribution in [-0.4, -0.2) is 28.0 Å². The van der Waals surface area contributed by atoms with Crippen molar-refractivity contribution < 1.29 is 9.53 Å². The van der Waals surface area contributed by atoms with Crippen LogP contribution >= 0.6 is 11.6 Å². The van der Waals surface area contributed by atoms with Gasteiger partial charge in [-0.3, -0.25) is 9.78 Å². The first-order valence-corrected chi connectivity index (χ1v) is 8.07. The number of ether oxygens (including phenoxy) is 1. The fourth-order valence-electron chi connectivity index (χ4n) is 2.74. The fourth-order valence-corrected chi connectivity index (χ4v) is 2.93. The van der Waals surface area contributed by atoms with Gasteiger partial charge in [0.1, 0.15) is 6.10 Å². The predicted molar refractivity (Wildman–Crippen MR) is 87.6 cm³/mol. The molecule has 1 aliphatic carbocycles. The van der Waals surface area contributed by atoms with Gasteiger partial charge in [0, 0.05) is 29.0 Å². The minimum Gasteiger partial charge on any atom is -0.473 e. The topological polar surface area (TPSA) is 64.1 Å². The van der Waals surface area contributed by atoms with Gasteiger partial charge in [-0.1, -0.05) is 17.7 Å². The molecule has 23 heavy (non-hydrogen) atoms. The van der Waals surface area contributed by atoms with E-state index in [4.69, 9.17) is 16.3 Å². The minimum atomic E-state index is -0.0780. The SMILES string of the molecule is O=C(NC1CCC(Oc2cnccn2)CC1)c1cccc(Cl)c1. The summed E-state index contributed by atoms with van der Waals surface area (Å²) in [5, 5.41) is 3.63. The van der Waals surface area contributed by atoms with E-state index in [2.05, 4.69) is 15.3 Å². The van der Waals surface area contributed by atoms with E-state index in [-0.39, 0.29) is 18.1 Å². The monoisotopic (exact) mass is 331 g/mol. The first kappa shape index (κ1) is 15.7. The third kappa shape index (κ3) is 4.42. The van der Waals surface area contributed by atoms with Crippen LogP contribution in [0.1, 0.15) is 36.0 Å².